The van der Waals surface area contributed by atoms with E-state index in [1.807, 2.05) is 6.92 Å². The Morgan fingerprint density at radius 1 is 1.37 bits per heavy atom. The third-order valence-electron chi connectivity index (χ3n) is 2.70. The molecule has 6 heteroatoms. The summed E-state index contributed by atoms with van der Waals surface area (Å²) in [4.78, 5) is 22.6. The maximum absolute atomic E-state index is 12.0. The van der Waals surface area contributed by atoms with Gasteiger partial charge in [0.15, 0.2) is 0 Å². The van der Waals surface area contributed by atoms with Gasteiger partial charge in [0.25, 0.3) is 0 Å². The minimum absolute atomic E-state index is 0.205. The summed E-state index contributed by atoms with van der Waals surface area (Å²) in [6.07, 6.45) is 2.49. The first-order valence-corrected chi connectivity index (χ1v) is 7.90. The van der Waals surface area contributed by atoms with Crippen LogP contribution >= 0.6 is 11.8 Å². The second kappa shape index (κ2) is 10.1. The molecule has 0 fully saturated rings. The number of ether oxygens (including phenoxy) is 1. The van der Waals surface area contributed by atoms with E-state index >= 15 is 0 Å². The number of carbonyl (C=O) groups is 2. The molecule has 0 aromatic carbocycles. The molecule has 1 atom stereocenters. The summed E-state index contributed by atoms with van der Waals surface area (Å²) < 4.78 is 5.12. The third-order valence-corrected chi connectivity index (χ3v) is 3.77. The summed E-state index contributed by atoms with van der Waals surface area (Å²) in [7, 11) is 0. The van der Waals surface area contributed by atoms with Crippen LogP contribution in [0, 0.1) is 0 Å². The number of thioether (sulfide) groups is 1. The molecule has 0 heterocycles. The van der Waals surface area contributed by atoms with Crippen molar-refractivity contribution in [3.63, 3.8) is 0 Å². The molecule has 0 aliphatic carbocycles. The summed E-state index contributed by atoms with van der Waals surface area (Å²) in [6.45, 7) is 6.91. The summed E-state index contributed by atoms with van der Waals surface area (Å²) in [5.74, 6) is 0.634. The van der Waals surface area contributed by atoms with Crippen LogP contribution in [-0.4, -0.2) is 42.1 Å². The Labute approximate surface area is 120 Å². The monoisotopic (exact) mass is 290 g/mol. The van der Waals surface area contributed by atoms with Crippen LogP contribution in [0.5, 0.6) is 0 Å². The first-order chi connectivity index (χ1) is 8.96. The molecule has 0 aliphatic rings. The molecule has 0 saturated heterocycles. The van der Waals surface area contributed by atoms with E-state index < -0.39 is 5.54 Å². The van der Waals surface area contributed by atoms with E-state index in [2.05, 4.69) is 12.2 Å². The number of hydrogen-bond donors (Lipinski definition) is 2. The summed E-state index contributed by atoms with van der Waals surface area (Å²) in [6, 6.07) is 0. The van der Waals surface area contributed by atoms with Gasteiger partial charge in [0, 0.05) is 0 Å². The maximum Gasteiger partial charge on any atom is 0.326 e. The van der Waals surface area contributed by atoms with Gasteiger partial charge < -0.3 is 15.8 Å². The van der Waals surface area contributed by atoms with Gasteiger partial charge in [-0.2, -0.15) is 11.8 Å². The zero-order chi connectivity index (χ0) is 14.7. The minimum Gasteiger partial charge on any atom is -0.465 e. The second-order valence-corrected chi connectivity index (χ2v) is 5.71. The Balaban J connectivity index is 4.18. The van der Waals surface area contributed by atoms with Crippen molar-refractivity contribution in [3.8, 4) is 0 Å². The molecule has 0 saturated carbocycles. The highest BCUT2D eigenvalue weighted by Gasteiger charge is 2.33. The van der Waals surface area contributed by atoms with Crippen LogP contribution in [0.15, 0.2) is 0 Å². The van der Waals surface area contributed by atoms with Gasteiger partial charge in [-0.15, -0.1) is 0 Å². The zero-order valence-electron chi connectivity index (χ0n) is 12.2. The van der Waals surface area contributed by atoms with Crippen molar-refractivity contribution < 1.29 is 14.3 Å². The van der Waals surface area contributed by atoms with Crippen molar-refractivity contribution in [1.82, 2.24) is 5.32 Å². The van der Waals surface area contributed by atoms with E-state index in [9.17, 15) is 9.59 Å². The van der Waals surface area contributed by atoms with Gasteiger partial charge >= 0.3 is 5.97 Å². The molecule has 0 radical (unpaired) electrons. The molecular weight excluding hydrogens is 264 g/mol. The fraction of sp³-hybridized carbons (Fsp3) is 0.846. The molecule has 0 aromatic heterocycles. The zero-order valence-corrected chi connectivity index (χ0v) is 13.0. The van der Waals surface area contributed by atoms with Crippen LogP contribution < -0.4 is 11.1 Å². The van der Waals surface area contributed by atoms with Crippen molar-refractivity contribution in [3.05, 3.63) is 0 Å². The van der Waals surface area contributed by atoms with Gasteiger partial charge in [-0.1, -0.05) is 6.92 Å². The first-order valence-electron chi connectivity index (χ1n) is 6.74. The average Bonchev–Trinajstić information content (AvgIpc) is 2.36. The predicted molar refractivity (Wildman–Crippen MR) is 79.1 cm³/mol. The van der Waals surface area contributed by atoms with E-state index in [1.54, 1.807) is 6.92 Å². The molecule has 0 bridgehead atoms. The van der Waals surface area contributed by atoms with Gasteiger partial charge in [0.05, 0.1) is 12.4 Å². The SMILES string of the molecule is CCCNC(C)(CCCSCC(N)=O)C(=O)OCC. The van der Waals surface area contributed by atoms with Crippen molar-refractivity contribution in [2.45, 2.75) is 45.6 Å². The molecule has 19 heavy (non-hydrogen) atoms. The average molecular weight is 290 g/mol. The Morgan fingerprint density at radius 2 is 2.05 bits per heavy atom. The normalized spacial score (nSPS) is 13.8. The van der Waals surface area contributed by atoms with Crippen molar-refractivity contribution in [2.24, 2.45) is 5.73 Å². The minimum atomic E-state index is -0.640. The number of esters is 1. The molecule has 0 aliphatic heterocycles. The van der Waals surface area contributed by atoms with E-state index in [0.717, 1.165) is 25.1 Å². The van der Waals surface area contributed by atoms with Crippen molar-refractivity contribution >= 4 is 23.6 Å². The Morgan fingerprint density at radius 3 is 2.58 bits per heavy atom. The molecule has 0 spiro atoms. The Bertz CT molecular complexity index is 287. The molecular formula is C13H26N2O3S. The number of amides is 1. The van der Waals surface area contributed by atoms with Crippen LogP contribution in [0.4, 0.5) is 0 Å². The Kier molecular flexibility index (Phi) is 9.69. The van der Waals surface area contributed by atoms with Crippen LogP contribution in [0.3, 0.4) is 0 Å². The molecule has 1 unspecified atom stereocenters. The highest BCUT2D eigenvalue weighted by atomic mass is 32.2. The van der Waals surface area contributed by atoms with E-state index in [-0.39, 0.29) is 11.9 Å². The smallest absolute Gasteiger partial charge is 0.326 e. The van der Waals surface area contributed by atoms with Gasteiger partial charge in [-0.25, -0.2) is 0 Å². The van der Waals surface area contributed by atoms with Gasteiger partial charge in [0.1, 0.15) is 5.54 Å². The molecule has 0 aromatic rings. The van der Waals surface area contributed by atoms with Crippen LogP contribution in [0.2, 0.25) is 0 Å². The fourth-order valence-electron chi connectivity index (χ4n) is 1.65. The largest absolute Gasteiger partial charge is 0.465 e. The Hall–Kier alpha value is -0.750. The lowest BCUT2D eigenvalue weighted by molar-refractivity contribution is -0.150. The van der Waals surface area contributed by atoms with E-state index in [0.29, 0.717) is 18.8 Å². The number of rotatable bonds is 11. The van der Waals surface area contributed by atoms with Gasteiger partial charge in [-0.3, -0.25) is 9.59 Å². The lowest BCUT2D eigenvalue weighted by atomic mass is 9.96. The number of primary amides is 1. The molecule has 112 valence electrons. The predicted octanol–water partition coefficient (Wildman–Crippen LogP) is 1.31. The molecule has 5 nitrogen and oxygen atoms in total. The highest BCUT2D eigenvalue weighted by Crippen LogP contribution is 2.17. The van der Waals surface area contributed by atoms with Crippen LogP contribution in [0.1, 0.15) is 40.0 Å². The van der Waals surface area contributed by atoms with Crippen molar-refractivity contribution in [2.75, 3.05) is 24.7 Å². The first kappa shape index (κ1) is 18.2. The van der Waals surface area contributed by atoms with Crippen molar-refractivity contribution in [1.29, 1.82) is 0 Å². The third kappa shape index (κ3) is 8.10. The van der Waals surface area contributed by atoms with Gasteiger partial charge in [0.2, 0.25) is 5.91 Å². The lowest BCUT2D eigenvalue weighted by Crippen LogP contribution is -2.50. The van der Waals surface area contributed by atoms with Crippen LogP contribution in [0.25, 0.3) is 0 Å². The summed E-state index contributed by atoms with van der Waals surface area (Å²) in [5.41, 5.74) is 4.43. The van der Waals surface area contributed by atoms with Crippen LogP contribution in [-0.2, 0) is 14.3 Å². The number of nitrogens with one attached hydrogen (secondary N) is 1. The fourth-order valence-corrected chi connectivity index (χ4v) is 2.35. The van der Waals surface area contributed by atoms with E-state index in [4.69, 9.17) is 10.5 Å². The lowest BCUT2D eigenvalue weighted by Gasteiger charge is -2.28. The highest BCUT2D eigenvalue weighted by molar-refractivity contribution is 7.99. The second-order valence-electron chi connectivity index (χ2n) is 4.60. The number of carbonyl (C=O) groups excluding carboxylic acids is 2. The quantitative estimate of drug-likeness (QED) is 0.443. The summed E-state index contributed by atoms with van der Waals surface area (Å²) >= 11 is 1.50. The van der Waals surface area contributed by atoms with Gasteiger partial charge in [-0.05, 0) is 45.4 Å². The molecule has 1 amide bonds. The number of hydrogen-bond acceptors (Lipinski definition) is 5. The summed E-state index contributed by atoms with van der Waals surface area (Å²) in [5, 5.41) is 3.25. The topological polar surface area (TPSA) is 81.4 Å². The number of nitrogens with two attached hydrogens (primary N) is 1. The molecule has 3 N–H and O–H groups in total. The van der Waals surface area contributed by atoms with E-state index in [1.165, 1.54) is 11.8 Å². The molecule has 0 rings (SSSR count). The maximum atomic E-state index is 12.0. The standard InChI is InChI=1S/C13H26N2O3S/c1-4-8-15-13(3,12(17)18-5-2)7-6-9-19-10-11(14)16/h15H,4-10H2,1-3H3,(H2,14,16).